The molecule has 0 saturated carbocycles. The van der Waals surface area contributed by atoms with Gasteiger partial charge in [0.2, 0.25) is 23.6 Å². The lowest BCUT2D eigenvalue weighted by Gasteiger charge is -2.25. The summed E-state index contributed by atoms with van der Waals surface area (Å²) in [7, 11) is 0. The minimum atomic E-state index is -1.21. The summed E-state index contributed by atoms with van der Waals surface area (Å²) in [6, 6.07) is -4.15. The van der Waals surface area contributed by atoms with Crippen molar-refractivity contribution in [3.05, 3.63) is 0 Å². The third-order valence-corrected chi connectivity index (χ3v) is 5.83. The second-order valence-electron chi connectivity index (χ2n) is 8.83. The first-order chi connectivity index (χ1) is 16.4. The van der Waals surface area contributed by atoms with Gasteiger partial charge in [0.15, 0.2) is 0 Å². The highest BCUT2D eigenvalue weighted by Gasteiger charge is 2.30. The van der Waals surface area contributed by atoms with E-state index in [2.05, 4.69) is 16.0 Å². The number of thioether (sulfide) groups is 1. The molecule has 0 spiro atoms. The second kappa shape index (κ2) is 18.0. The molecule has 0 rings (SSSR count). The van der Waals surface area contributed by atoms with Gasteiger partial charge in [-0.25, -0.2) is 4.79 Å². The van der Waals surface area contributed by atoms with Crippen LogP contribution in [0.1, 0.15) is 58.8 Å². The SMILES string of the molecule is CSCCC(NC(=O)C(N)CCCCN)C(=O)NC(CCC(N)=O)C(=O)NC(CC(C)C)C(=O)O. The number of carboxylic acids is 1. The number of carboxylic acid groups (broad SMARTS) is 1. The van der Waals surface area contributed by atoms with E-state index in [1.54, 1.807) is 0 Å². The van der Waals surface area contributed by atoms with Crippen LogP contribution in [0.3, 0.4) is 0 Å². The van der Waals surface area contributed by atoms with E-state index in [9.17, 15) is 29.1 Å². The summed E-state index contributed by atoms with van der Waals surface area (Å²) in [4.78, 5) is 61.2. The highest BCUT2D eigenvalue weighted by molar-refractivity contribution is 7.98. The van der Waals surface area contributed by atoms with Crippen LogP contribution in [-0.4, -0.2) is 77.4 Å². The zero-order valence-corrected chi connectivity index (χ0v) is 21.7. The summed E-state index contributed by atoms with van der Waals surface area (Å²) >= 11 is 1.47. The zero-order chi connectivity index (χ0) is 27.0. The first-order valence-electron chi connectivity index (χ1n) is 11.8. The van der Waals surface area contributed by atoms with E-state index >= 15 is 0 Å². The predicted molar refractivity (Wildman–Crippen MR) is 135 cm³/mol. The van der Waals surface area contributed by atoms with E-state index in [-0.39, 0.29) is 31.6 Å². The van der Waals surface area contributed by atoms with Gasteiger partial charge >= 0.3 is 5.97 Å². The first kappa shape index (κ1) is 32.6. The number of aliphatic carboxylic acids is 1. The number of rotatable bonds is 19. The molecule has 0 aliphatic carbocycles. The number of amides is 4. The lowest BCUT2D eigenvalue weighted by Crippen LogP contribution is -2.57. The van der Waals surface area contributed by atoms with Crippen LogP contribution in [0.5, 0.6) is 0 Å². The van der Waals surface area contributed by atoms with Crippen molar-refractivity contribution >= 4 is 41.4 Å². The van der Waals surface area contributed by atoms with E-state index in [1.807, 2.05) is 20.1 Å². The Labute approximate surface area is 211 Å². The van der Waals surface area contributed by atoms with Crippen LogP contribution < -0.4 is 33.2 Å². The molecular formula is C22H42N6O6S. The van der Waals surface area contributed by atoms with Crippen LogP contribution >= 0.6 is 11.8 Å². The zero-order valence-electron chi connectivity index (χ0n) is 20.9. The third kappa shape index (κ3) is 14.6. The summed E-state index contributed by atoms with van der Waals surface area (Å²) in [5, 5.41) is 17.0. The van der Waals surface area contributed by atoms with E-state index in [4.69, 9.17) is 17.2 Å². The van der Waals surface area contributed by atoms with Gasteiger partial charge in [-0.2, -0.15) is 11.8 Å². The average molecular weight is 519 g/mol. The van der Waals surface area contributed by atoms with Crippen molar-refractivity contribution in [2.75, 3.05) is 18.6 Å². The molecule has 0 aromatic heterocycles. The molecule has 0 aromatic carbocycles. The maximum Gasteiger partial charge on any atom is 0.326 e. The van der Waals surface area contributed by atoms with Crippen LogP contribution in [0.4, 0.5) is 0 Å². The molecule has 4 unspecified atom stereocenters. The molecule has 13 heteroatoms. The highest BCUT2D eigenvalue weighted by atomic mass is 32.2. The van der Waals surface area contributed by atoms with Crippen LogP contribution in [-0.2, 0) is 24.0 Å². The van der Waals surface area contributed by atoms with Crippen LogP contribution in [0.25, 0.3) is 0 Å². The van der Waals surface area contributed by atoms with Gasteiger partial charge < -0.3 is 38.3 Å². The maximum absolute atomic E-state index is 13.0. The monoisotopic (exact) mass is 518 g/mol. The molecule has 0 heterocycles. The second-order valence-corrected chi connectivity index (χ2v) is 9.81. The lowest BCUT2D eigenvalue weighted by atomic mass is 10.0. The standard InChI is InChI=1S/C22H42N6O6S/c1-13(2)12-17(22(33)34)28-20(31)15(7-8-18(25)29)27-21(32)16(9-11-35-3)26-19(30)14(24)6-4-5-10-23/h13-17H,4-12,23-24H2,1-3H3,(H2,25,29)(H,26,30)(H,27,32)(H,28,31)(H,33,34). The lowest BCUT2D eigenvalue weighted by molar-refractivity contribution is -0.143. The molecule has 0 aromatic rings. The summed E-state index contributed by atoms with van der Waals surface area (Å²) in [5.41, 5.74) is 16.6. The quantitative estimate of drug-likeness (QED) is 0.105. The van der Waals surface area contributed by atoms with Gasteiger partial charge in [-0.3, -0.25) is 19.2 Å². The fourth-order valence-corrected chi connectivity index (χ4v) is 3.69. The van der Waals surface area contributed by atoms with Crippen molar-refractivity contribution in [3.8, 4) is 0 Å². The fraction of sp³-hybridized carbons (Fsp3) is 0.773. The Balaban J connectivity index is 5.46. The summed E-state index contributed by atoms with van der Waals surface area (Å²) < 4.78 is 0. The van der Waals surface area contributed by atoms with E-state index in [0.717, 1.165) is 6.42 Å². The minimum absolute atomic E-state index is 0.00439. The fourth-order valence-electron chi connectivity index (χ4n) is 3.22. The van der Waals surface area contributed by atoms with Gasteiger partial charge in [0, 0.05) is 6.42 Å². The number of hydrogen-bond acceptors (Lipinski definition) is 8. The predicted octanol–water partition coefficient (Wildman–Crippen LogP) is -0.954. The number of carbonyl (C=O) groups is 5. The normalized spacial score (nSPS) is 14.5. The van der Waals surface area contributed by atoms with Gasteiger partial charge in [0.1, 0.15) is 18.1 Å². The number of carbonyl (C=O) groups excluding carboxylic acids is 4. The van der Waals surface area contributed by atoms with Crippen molar-refractivity contribution in [3.63, 3.8) is 0 Å². The smallest absolute Gasteiger partial charge is 0.326 e. The highest BCUT2D eigenvalue weighted by Crippen LogP contribution is 2.08. The molecule has 0 saturated heterocycles. The Bertz CT molecular complexity index is 708. The largest absolute Gasteiger partial charge is 0.480 e. The Kier molecular flexibility index (Phi) is 16.7. The molecule has 12 nitrogen and oxygen atoms in total. The molecule has 0 aliphatic rings. The van der Waals surface area contributed by atoms with Gasteiger partial charge in [0.25, 0.3) is 0 Å². The molecule has 4 atom stereocenters. The van der Waals surface area contributed by atoms with E-state index in [0.29, 0.717) is 25.1 Å². The van der Waals surface area contributed by atoms with Crippen LogP contribution in [0.15, 0.2) is 0 Å². The molecule has 35 heavy (non-hydrogen) atoms. The van der Waals surface area contributed by atoms with Gasteiger partial charge in [-0.15, -0.1) is 0 Å². The van der Waals surface area contributed by atoms with Crippen molar-refractivity contribution in [1.82, 2.24) is 16.0 Å². The van der Waals surface area contributed by atoms with Gasteiger partial charge in [-0.1, -0.05) is 20.3 Å². The first-order valence-corrected chi connectivity index (χ1v) is 13.2. The molecule has 10 N–H and O–H groups in total. The van der Waals surface area contributed by atoms with E-state index < -0.39 is 53.8 Å². The Morgan fingerprint density at radius 3 is 1.89 bits per heavy atom. The topological polar surface area (TPSA) is 220 Å². The van der Waals surface area contributed by atoms with Crippen molar-refractivity contribution < 1.29 is 29.1 Å². The molecule has 0 bridgehead atoms. The van der Waals surface area contributed by atoms with Crippen molar-refractivity contribution in [1.29, 1.82) is 0 Å². The van der Waals surface area contributed by atoms with Gasteiger partial charge in [0.05, 0.1) is 6.04 Å². The third-order valence-electron chi connectivity index (χ3n) is 5.18. The number of nitrogens with two attached hydrogens (primary N) is 3. The molecule has 0 radical (unpaired) electrons. The summed E-state index contributed by atoms with van der Waals surface area (Å²) in [6.07, 6.45) is 3.80. The average Bonchev–Trinajstić information content (AvgIpc) is 2.77. The molecular weight excluding hydrogens is 476 g/mol. The number of hydrogen-bond donors (Lipinski definition) is 7. The van der Waals surface area contributed by atoms with Crippen molar-refractivity contribution in [2.24, 2.45) is 23.1 Å². The minimum Gasteiger partial charge on any atom is -0.480 e. The summed E-state index contributed by atoms with van der Waals surface area (Å²) in [5.74, 6) is -3.22. The van der Waals surface area contributed by atoms with Crippen LogP contribution in [0, 0.1) is 5.92 Å². The maximum atomic E-state index is 13.0. The molecule has 0 aliphatic heterocycles. The van der Waals surface area contributed by atoms with Gasteiger partial charge in [-0.05, 0) is 56.6 Å². The Morgan fingerprint density at radius 2 is 1.40 bits per heavy atom. The van der Waals surface area contributed by atoms with Crippen molar-refractivity contribution in [2.45, 2.75) is 83.0 Å². The molecule has 0 fully saturated rings. The molecule has 4 amide bonds. The van der Waals surface area contributed by atoms with Crippen LogP contribution in [0.2, 0.25) is 0 Å². The number of unbranched alkanes of at least 4 members (excludes halogenated alkanes) is 1. The number of primary amides is 1. The number of nitrogens with one attached hydrogen (secondary N) is 3. The molecule has 202 valence electrons. The summed E-state index contributed by atoms with van der Waals surface area (Å²) in [6.45, 7) is 4.12. The Hall–Kier alpha value is -2.38. The van der Waals surface area contributed by atoms with E-state index in [1.165, 1.54) is 11.8 Å². The Morgan fingerprint density at radius 1 is 0.857 bits per heavy atom.